The molecule has 1 N–H and O–H groups in total. The zero-order valence-electron chi connectivity index (χ0n) is 11.1. The Morgan fingerprint density at radius 2 is 2.35 bits per heavy atom. The molecule has 1 saturated heterocycles. The Labute approximate surface area is 130 Å². The first kappa shape index (κ1) is 15.4. The molecular weight excluding hydrogens is 378 g/mol. The van der Waals surface area contributed by atoms with E-state index in [1.807, 2.05) is 0 Å². The highest BCUT2D eigenvalue weighted by atomic mass is 127. The average molecular weight is 394 g/mol. The van der Waals surface area contributed by atoms with Crippen molar-refractivity contribution in [2.75, 3.05) is 18.5 Å². The van der Waals surface area contributed by atoms with Gasteiger partial charge in [-0.05, 0) is 35.4 Å². The first-order valence-electron chi connectivity index (χ1n) is 6.51. The molecule has 1 aliphatic rings. The topological polar surface area (TPSA) is 64.4 Å². The molecule has 1 fully saturated rings. The molecule has 0 aromatic heterocycles. The summed E-state index contributed by atoms with van der Waals surface area (Å²) >= 11 is 1.75. The molecule has 5 nitrogen and oxygen atoms in total. The quantitative estimate of drug-likeness (QED) is 0.471. The van der Waals surface area contributed by atoms with Crippen LogP contribution in [0.4, 0.5) is 15.8 Å². The fraction of sp³-hybridized carbons (Fsp3) is 0.538. The molecule has 2 unspecified atom stereocenters. The van der Waals surface area contributed by atoms with Crippen molar-refractivity contribution in [2.45, 2.75) is 25.9 Å². The van der Waals surface area contributed by atoms with Crippen LogP contribution in [-0.4, -0.2) is 24.2 Å². The van der Waals surface area contributed by atoms with Gasteiger partial charge < -0.3 is 10.1 Å². The zero-order chi connectivity index (χ0) is 14.7. The highest BCUT2D eigenvalue weighted by Gasteiger charge is 2.27. The van der Waals surface area contributed by atoms with Crippen LogP contribution in [0.3, 0.4) is 0 Å². The number of nitro groups is 1. The van der Waals surface area contributed by atoms with Crippen LogP contribution in [0, 0.1) is 25.4 Å². The summed E-state index contributed by atoms with van der Waals surface area (Å²) in [6, 6.07) is 2.44. The Morgan fingerprint density at radius 3 is 3.00 bits per heavy atom. The second kappa shape index (κ2) is 6.66. The highest BCUT2D eigenvalue weighted by molar-refractivity contribution is 14.1. The van der Waals surface area contributed by atoms with E-state index < -0.39 is 10.7 Å². The van der Waals surface area contributed by atoms with E-state index in [1.54, 1.807) is 22.6 Å². The lowest BCUT2D eigenvalue weighted by molar-refractivity contribution is -0.384. The van der Waals surface area contributed by atoms with E-state index in [1.165, 1.54) is 12.1 Å². The third kappa shape index (κ3) is 3.38. The minimum Gasteiger partial charge on any atom is -0.379 e. The number of nitrogens with zero attached hydrogens (tertiary/aromatic N) is 1. The number of benzene rings is 1. The van der Waals surface area contributed by atoms with E-state index in [-0.39, 0.29) is 21.0 Å². The molecule has 0 saturated carbocycles. The Bertz CT molecular complexity index is 513. The average Bonchev–Trinajstić information content (AvgIpc) is 2.86. The Balaban J connectivity index is 2.12. The minimum absolute atomic E-state index is 0.0947. The van der Waals surface area contributed by atoms with Gasteiger partial charge in [0.2, 0.25) is 0 Å². The number of rotatable bonds is 5. The molecule has 1 aliphatic heterocycles. The molecule has 0 amide bonds. The third-order valence-electron chi connectivity index (χ3n) is 3.54. The van der Waals surface area contributed by atoms with Crippen molar-refractivity contribution in [3.63, 3.8) is 0 Å². The predicted molar refractivity (Wildman–Crippen MR) is 82.4 cm³/mol. The lowest BCUT2D eigenvalue weighted by atomic mass is 9.99. The minimum atomic E-state index is -0.494. The van der Waals surface area contributed by atoms with Gasteiger partial charge >= 0.3 is 0 Å². The number of ether oxygens (including phenoxy) is 1. The number of halogens is 2. The summed E-state index contributed by atoms with van der Waals surface area (Å²) in [6.07, 6.45) is 2.01. The second-order valence-corrected chi connectivity index (χ2v) is 5.95. The fourth-order valence-corrected chi connectivity index (χ4v) is 2.90. The van der Waals surface area contributed by atoms with Crippen molar-refractivity contribution in [1.82, 2.24) is 0 Å². The van der Waals surface area contributed by atoms with E-state index in [0.717, 1.165) is 12.8 Å². The van der Waals surface area contributed by atoms with E-state index in [0.29, 0.717) is 19.1 Å². The molecule has 1 aromatic carbocycles. The zero-order valence-corrected chi connectivity index (χ0v) is 13.2. The van der Waals surface area contributed by atoms with Crippen LogP contribution in [-0.2, 0) is 4.74 Å². The molecule has 1 aromatic rings. The monoisotopic (exact) mass is 394 g/mol. The van der Waals surface area contributed by atoms with Crippen molar-refractivity contribution in [1.29, 1.82) is 0 Å². The van der Waals surface area contributed by atoms with Gasteiger partial charge in [-0.15, -0.1) is 0 Å². The number of nitro benzene ring substituents is 1. The lowest BCUT2D eigenvalue weighted by Crippen LogP contribution is -2.23. The summed E-state index contributed by atoms with van der Waals surface area (Å²) in [5.41, 5.74) is 0.137. The van der Waals surface area contributed by atoms with Gasteiger partial charge in [-0.3, -0.25) is 10.1 Å². The number of nitrogens with one attached hydrogen (secondary N) is 1. The third-order valence-corrected chi connectivity index (χ3v) is 4.37. The maximum atomic E-state index is 13.6. The van der Waals surface area contributed by atoms with E-state index >= 15 is 0 Å². The lowest BCUT2D eigenvalue weighted by Gasteiger charge is -2.18. The van der Waals surface area contributed by atoms with Gasteiger partial charge in [0.05, 0.1) is 14.6 Å². The summed E-state index contributed by atoms with van der Waals surface area (Å²) in [5, 5.41) is 14.0. The summed E-state index contributed by atoms with van der Waals surface area (Å²) < 4.78 is 19.4. The van der Waals surface area contributed by atoms with Gasteiger partial charge in [-0.25, -0.2) is 4.39 Å². The second-order valence-electron chi connectivity index (χ2n) is 4.79. The van der Waals surface area contributed by atoms with Crippen LogP contribution in [0.1, 0.15) is 19.8 Å². The van der Waals surface area contributed by atoms with Gasteiger partial charge in [0.25, 0.3) is 5.69 Å². The van der Waals surface area contributed by atoms with E-state index in [4.69, 9.17) is 4.74 Å². The number of hydrogen-bond acceptors (Lipinski definition) is 4. The standard InChI is InChI=1S/C13H16FIN2O3/c1-2-13-8(3-4-20-13)7-16-11-5-9(14)10(15)6-12(11)17(18)19/h5-6,8,13,16H,2-4,7H2,1H3. The SMILES string of the molecule is CCC1OCCC1CNc1cc(F)c(I)cc1[N+](=O)[O-]. The van der Waals surface area contributed by atoms with Crippen LogP contribution in [0.15, 0.2) is 12.1 Å². The smallest absolute Gasteiger partial charge is 0.293 e. The van der Waals surface area contributed by atoms with Crippen LogP contribution in [0.25, 0.3) is 0 Å². The van der Waals surface area contributed by atoms with Gasteiger partial charge in [0, 0.05) is 31.2 Å². The molecular formula is C13H16FIN2O3. The normalized spacial score (nSPS) is 21.9. The first-order chi connectivity index (χ1) is 9.52. The molecule has 2 atom stereocenters. The number of hydrogen-bond donors (Lipinski definition) is 1. The summed E-state index contributed by atoms with van der Waals surface area (Å²) in [4.78, 5) is 10.5. The van der Waals surface area contributed by atoms with Crippen molar-refractivity contribution >= 4 is 34.0 Å². The van der Waals surface area contributed by atoms with Gasteiger partial charge in [0.15, 0.2) is 0 Å². The van der Waals surface area contributed by atoms with Crippen LogP contribution in [0.5, 0.6) is 0 Å². The highest BCUT2D eigenvalue weighted by Crippen LogP contribution is 2.30. The molecule has 2 rings (SSSR count). The van der Waals surface area contributed by atoms with Crippen molar-refractivity contribution in [3.8, 4) is 0 Å². The van der Waals surface area contributed by atoms with Crippen molar-refractivity contribution in [2.24, 2.45) is 5.92 Å². The molecule has 0 radical (unpaired) electrons. The molecule has 20 heavy (non-hydrogen) atoms. The Kier molecular flexibility index (Phi) is 5.14. The maximum absolute atomic E-state index is 13.6. The Hall–Kier alpha value is -0.960. The largest absolute Gasteiger partial charge is 0.379 e. The van der Waals surface area contributed by atoms with Crippen LogP contribution in [0.2, 0.25) is 0 Å². The molecule has 0 aliphatic carbocycles. The fourth-order valence-electron chi connectivity index (χ4n) is 2.45. The number of anilines is 1. The summed E-state index contributed by atoms with van der Waals surface area (Å²) in [7, 11) is 0. The molecule has 110 valence electrons. The van der Waals surface area contributed by atoms with Crippen molar-refractivity contribution < 1.29 is 14.1 Å². The summed E-state index contributed by atoms with van der Waals surface area (Å²) in [6.45, 7) is 3.32. The molecule has 1 heterocycles. The predicted octanol–water partition coefficient (Wildman–Crippen LogP) is 3.57. The van der Waals surface area contributed by atoms with Gasteiger partial charge in [0.1, 0.15) is 11.5 Å². The molecule has 0 bridgehead atoms. The molecule has 0 spiro atoms. The molecule has 7 heteroatoms. The van der Waals surface area contributed by atoms with Crippen LogP contribution >= 0.6 is 22.6 Å². The van der Waals surface area contributed by atoms with Crippen LogP contribution < -0.4 is 5.32 Å². The van der Waals surface area contributed by atoms with E-state index in [9.17, 15) is 14.5 Å². The summed E-state index contributed by atoms with van der Waals surface area (Å²) in [5.74, 6) is -0.143. The van der Waals surface area contributed by atoms with Gasteiger partial charge in [-0.2, -0.15) is 0 Å². The van der Waals surface area contributed by atoms with E-state index in [2.05, 4.69) is 12.2 Å². The van der Waals surface area contributed by atoms with Gasteiger partial charge in [-0.1, -0.05) is 6.92 Å². The van der Waals surface area contributed by atoms with Crippen molar-refractivity contribution in [3.05, 3.63) is 31.6 Å². The maximum Gasteiger partial charge on any atom is 0.293 e. The first-order valence-corrected chi connectivity index (χ1v) is 7.59. The Morgan fingerprint density at radius 1 is 1.60 bits per heavy atom.